The highest BCUT2D eigenvalue weighted by molar-refractivity contribution is 5.71. The fourth-order valence-electron chi connectivity index (χ4n) is 1.77. The molecule has 0 aliphatic carbocycles. The van der Waals surface area contributed by atoms with Crippen LogP contribution in [0.3, 0.4) is 0 Å². The highest BCUT2D eigenvalue weighted by Gasteiger charge is 2.17. The summed E-state index contributed by atoms with van der Waals surface area (Å²) in [5, 5.41) is 4.33. The number of hydrogen-bond donors (Lipinski definition) is 1. The summed E-state index contributed by atoms with van der Waals surface area (Å²) in [4.78, 5) is 4.38. The number of aryl methyl sites for hydroxylation is 1. The van der Waals surface area contributed by atoms with Gasteiger partial charge in [0.05, 0.1) is 20.8 Å². The molecule has 6 heteroatoms. The number of nitrogens with two attached hydrogens (primary N) is 1. The van der Waals surface area contributed by atoms with E-state index >= 15 is 0 Å². The molecule has 0 radical (unpaired) electrons. The van der Waals surface area contributed by atoms with Gasteiger partial charge in [-0.05, 0) is 12.1 Å². The fraction of sp³-hybridized carbons (Fsp3) is 0.333. The first-order chi connectivity index (χ1) is 8.71. The van der Waals surface area contributed by atoms with Crippen LogP contribution in [0.2, 0.25) is 0 Å². The van der Waals surface area contributed by atoms with Crippen molar-refractivity contribution in [2.75, 3.05) is 14.2 Å². The van der Waals surface area contributed by atoms with Crippen molar-refractivity contribution in [1.82, 2.24) is 14.8 Å². The molecule has 0 atom stereocenters. The van der Waals surface area contributed by atoms with Crippen molar-refractivity contribution in [3.05, 3.63) is 24.0 Å². The largest absolute Gasteiger partial charge is 0.496 e. The van der Waals surface area contributed by atoms with E-state index in [1.165, 1.54) is 0 Å². The number of ether oxygens (including phenoxy) is 2. The monoisotopic (exact) mass is 248 g/mol. The van der Waals surface area contributed by atoms with Gasteiger partial charge in [-0.1, -0.05) is 6.07 Å². The lowest BCUT2D eigenvalue weighted by atomic mass is 10.1. The predicted octanol–water partition coefficient (Wildman–Crippen LogP) is 0.958. The van der Waals surface area contributed by atoms with Crippen LogP contribution in [0, 0.1) is 0 Å². The minimum atomic E-state index is 0.334. The molecular formula is C12H16N4O2. The summed E-state index contributed by atoms with van der Waals surface area (Å²) in [7, 11) is 5.01. The molecule has 1 aromatic carbocycles. The van der Waals surface area contributed by atoms with Gasteiger partial charge >= 0.3 is 0 Å². The van der Waals surface area contributed by atoms with Gasteiger partial charge < -0.3 is 15.2 Å². The molecule has 18 heavy (non-hydrogen) atoms. The second kappa shape index (κ2) is 5.05. The average molecular weight is 248 g/mol. The Balaban J connectivity index is 2.60. The highest BCUT2D eigenvalue weighted by atomic mass is 16.5. The van der Waals surface area contributed by atoms with E-state index in [9.17, 15) is 0 Å². The molecule has 2 rings (SSSR count). The maximum absolute atomic E-state index is 5.60. The Labute approximate surface area is 105 Å². The van der Waals surface area contributed by atoms with E-state index < -0.39 is 0 Å². The third-order valence-electron chi connectivity index (χ3n) is 2.69. The summed E-state index contributed by atoms with van der Waals surface area (Å²) in [5.74, 6) is 2.59. The molecule has 2 aromatic rings. The number of hydrogen-bond acceptors (Lipinski definition) is 5. The van der Waals surface area contributed by atoms with Crippen LogP contribution in [0.25, 0.3) is 11.4 Å². The molecule has 1 heterocycles. The summed E-state index contributed by atoms with van der Waals surface area (Å²) in [5.41, 5.74) is 6.33. The Bertz CT molecular complexity index is 529. The molecule has 0 aliphatic rings. The second-order valence-electron chi connectivity index (χ2n) is 3.72. The van der Waals surface area contributed by atoms with E-state index in [2.05, 4.69) is 10.1 Å². The van der Waals surface area contributed by atoms with Crippen LogP contribution in [0.15, 0.2) is 18.2 Å². The van der Waals surface area contributed by atoms with Gasteiger partial charge in [-0.2, -0.15) is 5.10 Å². The van der Waals surface area contributed by atoms with Crippen LogP contribution in [0.4, 0.5) is 0 Å². The second-order valence-corrected chi connectivity index (χ2v) is 3.72. The number of benzene rings is 1. The van der Waals surface area contributed by atoms with Gasteiger partial charge in [-0.15, -0.1) is 0 Å². The van der Waals surface area contributed by atoms with Gasteiger partial charge in [0.2, 0.25) is 0 Å². The molecule has 6 nitrogen and oxygen atoms in total. The summed E-state index contributed by atoms with van der Waals surface area (Å²) in [6, 6.07) is 5.54. The first-order valence-corrected chi connectivity index (χ1v) is 5.52. The van der Waals surface area contributed by atoms with Crippen molar-refractivity contribution in [2.24, 2.45) is 12.8 Å². The predicted molar refractivity (Wildman–Crippen MR) is 67.4 cm³/mol. The minimum absolute atomic E-state index is 0.334. The maximum Gasteiger partial charge on any atom is 0.188 e. The van der Waals surface area contributed by atoms with Gasteiger partial charge in [0.1, 0.15) is 22.9 Å². The van der Waals surface area contributed by atoms with E-state index in [-0.39, 0.29) is 0 Å². The number of methoxy groups -OCH3 is 2. The average Bonchev–Trinajstić information content (AvgIpc) is 2.78. The summed E-state index contributed by atoms with van der Waals surface area (Å²) >= 11 is 0. The lowest BCUT2D eigenvalue weighted by Gasteiger charge is -2.09. The van der Waals surface area contributed by atoms with Crippen LogP contribution < -0.4 is 15.2 Å². The van der Waals surface area contributed by atoms with Gasteiger partial charge in [0.25, 0.3) is 0 Å². The normalized spacial score (nSPS) is 10.4. The van der Waals surface area contributed by atoms with E-state index in [0.717, 1.165) is 5.56 Å². The van der Waals surface area contributed by atoms with Crippen LogP contribution in [0.1, 0.15) is 5.82 Å². The Hall–Kier alpha value is -2.08. The molecule has 0 spiro atoms. The zero-order valence-electron chi connectivity index (χ0n) is 10.7. The van der Waals surface area contributed by atoms with Crippen LogP contribution in [-0.2, 0) is 13.6 Å². The fourth-order valence-corrected chi connectivity index (χ4v) is 1.77. The third-order valence-corrected chi connectivity index (χ3v) is 2.69. The van der Waals surface area contributed by atoms with Gasteiger partial charge in [-0.3, -0.25) is 4.68 Å². The first kappa shape index (κ1) is 12.4. The third kappa shape index (κ3) is 2.02. The number of nitrogens with zero attached hydrogens (tertiary/aromatic N) is 3. The lowest BCUT2D eigenvalue weighted by molar-refractivity contribution is 0.397. The SMILES string of the molecule is COc1cccc(OC)c1-c1nc(CN)n(C)n1. The highest BCUT2D eigenvalue weighted by Crippen LogP contribution is 2.36. The molecule has 0 saturated carbocycles. The maximum atomic E-state index is 5.60. The van der Waals surface area contributed by atoms with Gasteiger partial charge in [-0.25, -0.2) is 4.98 Å². The molecule has 0 aliphatic heterocycles. The standard InChI is InChI=1S/C12H16N4O2/c1-16-10(7-13)14-12(15-16)11-8(17-2)5-4-6-9(11)18-3/h4-6H,7,13H2,1-3H3. The van der Waals surface area contributed by atoms with E-state index in [1.54, 1.807) is 25.9 Å². The van der Waals surface area contributed by atoms with Gasteiger partial charge in [0.15, 0.2) is 5.82 Å². The molecule has 0 saturated heterocycles. The zero-order chi connectivity index (χ0) is 13.1. The van der Waals surface area contributed by atoms with Gasteiger partial charge in [0, 0.05) is 7.05 Å². The van der Waals surface area contributed by atoms with Crippen molar-refractivity contribution >= 4 is 0 Å². The lowest BCUT2D eigenvalue weighted by Crippen LogP contribution is -2.05. The van der Waals surface area contributed by atoms with Crippen molar-refractivity contribution < 1.29 is 9.47 Å². The van der Waals surface area contributed by atoms with Crippen molar-refractivity contribution in [2.45, 2.75) is 6.54 Å². The molecule has 0 amide bonds. The van der Waals surface area contributed by atoms with E-state index in [0.29, 0.717) is 29.7 Å². The van der Waals surface area contributed by atoms with Crippen LogP contribution in [-0.4, -0.2) is 29.0 Å². The topological polar surface area (TPSA) is 75.2 Å². The number of aromatic nitrogens is 3. The smallest absolute Gasteiger partial charge is 0.188 e. The molecule has 0 bridgehead atoms. The quantitative estimate of drug-likeness (QED) is 0.872. The summed E-state index contributed by atoms with van der Waals surface area (Å²) < 4.78 is 12.3. The molecule has 2 N–H and O–H groups in total. The molecule has 0 fully saturated rings. The summed E-state index contributed by atoms with van der Waals surface area (Å²) in [6.45, 7) is 0.334. The molecular weight excluding hydrogens is 232 g/mol. The van der Waals surface area contributed by atoms with Crippen LogP contribution >= 0.6 is 0 Å². The first-order valence-electron chi connectivity index (χ1n) is 5.52. The Morgan fingerprint density at radius 2 is 1.83 bits per heavy atom. The Kier molecular flexibility index (Phi) is 3.47. The van der Waals surface area contributed by atoms with Crippen LogP contribution in [0.5, 0.6) is 11.5 Å². The van der Waals surface area contributed by atoms with Crippen molar-refractivity contribution in [1.29, 1.82) is 0 Å². The molecule has 1 aromatic heterocycles. The molecule has 0 unspecified atom stereocenters. The van der Waals surface area contributed by atoms with E-state index in [1.807, 2.05) is 18.2 Å². The Morgan fingerprint density at radius 1 is 1.22 bits per heavy atom. The van der Waals surface area contributed by atoms with E-state index in [4.69, 9.17) is 15.2 Å². The number of rotatable bonds is 4. The molecule has 96 valence electrons. The summed E-state index contributed by atoms with van der Waals surface area (Å²) in [6.07, 6.45) is 0. The zero-order valence-corrected chi connectivity index (χ0v) is 10.7. The van der Waals surface area contributed by atoms with Crippen molar-refractivity contribution in [3.63, 3.8) is 0 Å². The van der Waals surface area contributed by atoms with Crippen molar-refractivity contribution in [3.8, 4) is 22.9 Å². The Morgan fingerprint density at radius 3 is 2.28 bits per heavy atom. The minimum Gasteiger partial charge on any atom is -0.496 e.